The monoisotopic (exact) mass is 216 g/mol. The highest BCUT2D eigenvalue weighted by Gasteiger charge is 2.03. The first-order chi connectivity index (χ1) is 7.35. The molecule has 0 radical (unpaired) electrons. The van der Waals surface area contributed by atoms with Crippen LogP contribution in [0.25, 0.3) is 0 Å². The highest BCUT2D eigenvalue weighted by Crippen LogP contribution is 2.18. The van der Waals surface area contributed by atoms with Crippen LogP contribution in [0, 0.1) is 5.92 Å². The number of hydrogen-bond acceptors (Lipinski definition) is 0. The average Bonchev–Trinajstić information content (AvgIpc) is 2.34. The molecule has 0 aliphatic heterocycles. The van der Waals surface area contributed by atoms with Crippen molar-refractivity contribution in [3.63, 3.8) is 0 Å². The molecule has 0 heterocycles. The summed E-state index contributed by atoms with van der Waals surface area (Å²) in [5.74, 6) is 1.02. The van der Waals surface area contributed by atoms with Crippen LogP contribution < -0.4 is 0 Å². The summed E-state index contributed by atoms with van der Waals surface area (Å²) < 4.78 is 0. The van der Waals surface area contributed by atoms with Gasteiger partial charge in [-0.3, -0.25) is 0 Å². The summed E-state index contributed by atoms with van der Waals surface area (Å²) in [5, 5.41) is 0. The molecule has 0 aromatic heterocycles. The predicted octanol–water partition coefficient (Wildman–Crippen LogP) is 6.45. The molecule has 0 aliphatic carbocycles. The summed E-state index contributed by atoms with van der Waals surface area (Å²) in [5.41, 5.74) is 0. The molecule has 0 atom stereocenters. The standard InChI is InChI=1S/C11H24.2C2H6/c1-4-7-9-11(6-3)10-8-5-2;2*1-2/h11H,4-10H2,1-3H3;2*1-2H3. The molecule has 0 aliphatic rings. The van der Waals surface area contributed by atoms with Crippen molar-refractivity contribution in [1.82, 2.24) is 0 Å². The highest BCUT2D eigenvalue weighted by molar-refractivity contribution is 4.56. The van der Waals surface area contributed by atoms with E-state index >= 15 is 0 Å². The third kappa shape index (κ3) is 20.2. The minimum Gasteiger partial charge on any atom is -0.0683 e. The molecule has 96 valence electrons. The Morgan fingerprint density at radius 2 is 1.00 bits per heavy atom. The molecule has 0 saturated heterocycles. The van der Waals surface area contributed by atoms with Gasteiger partial charge in [0.2, 0.25) is 0 Å². The summed E-state index contributed by atoms with van der Waals surface area (Å²) in [6.07, 6.45) is 9.91. The van der Waals surface area contributed by atoms with E-state index in [1.807, 2.05) is 27.7 Å². The van der Waals surface area contributed by atoms with Gasteiger partial charge in [0.05, 0.1) is 0 Å². The van der Waals surface area contributed by atoms with Crippen molar-refractivity contribution < 1.29 is 0 Å². The molecule has 0 bridgehead atoms. The van der Waals surface area contributed by atoms with Crippen LogP contribution in [0.3, 0.4) is 0 Å². The van der Waals surface area contributed by atoms with Crippen LogP contribution in [-0.2, 0) is 0 Å². The van der Waals surface area contributed by atoms with E-state index in [4.69, 9.17) is 0 Å². The van der Waals surface area contributed by atoms with E-state index in [1.165, 1.54) is 44.9 Å². The van der Waals surface area contributed by atoms with E-state index in [1.54, 1.807) is 0 Å². The molecule has 0 aromatic carbocycles. The maximum atomic E-state index is 2.33. The number of hydrogen-bond donors (Lipinski definition) is 0. The molecule has 0 spiro atoms. The first-order valence-electron chi connectivity index (χ1n) is 7.35. The van der Waals surface area contributed by atoms with Crippen LogP contribution in [0.4, 0.5) is 0 Å². The molecule has 0 fully saturated rings. The summed E-state index contributed by atoms with van der Waals surface area (Å²) in [7, 11) is 0. The molecule has 0 rings (SSSR count). The molecule has 0 aromatic rings. The molecule has 0 nitrogen and oxygen atoms in total. The fourth-order valence-electron chi connectivity index (χ4n) is 1.54. The zero-order chi connectivity index (χ0) is 12.5. The quantitative estimate of drug-likeness (QED) is 0.459. The van der Waals surface area contributed by atoms with E-state index in [0.717, 1.165) is 5.92 Å². The highest BCUT2D eigenvalue weighted by atomic mass is 14.1. The molecule has 15 heavy (non-hydrogen) atoms. The van der Waals surface area contributed by atoms with Gasteiger partial charge in [0, 0.05) is 0 Å². The lowest BCUT2D eigenvalue weighted by atomic mass is 9.94. The first-order valence-corrected chi connectivity index (χ1v) is 7.35. The van der Waals surface area contributed by atoms with E-state index < -0.39 is 0 Å². The van der Waals surface area contributed by atoms with E-state index in [0.29, 0.717) is 0 Å². The van der Waals surface area contributed by atoms with Crippen molar-refractivity contribution in [1.29, 1.82) is 0 Å². The molecule has 0 saturated carbocycles. The minimum atomic E-state index is 1.02. The Kier molecular flexibility index (Phi) is 32.2. The maximum Gasteiger partial charge on any atom is -0.0417 e. The van der Waals surface area contributed by atoms with Gasteiger partial charge in [-0.2, -0.15) is 0 Å². The zero-order valence-electron chi connectivity index (χ0n) is 12.5. The molecular formula is C15H36. The Morgan fingerprint density at radius 3 is 1.20 bits per heavy atom. The summed E-state index contributed by atoms with van der Waals surface area (Å²) >= 11 is 0. The number of rotatable bonds is 7. The Balaban J connectivity index is -0.000000318. The summed E-state index contributed by atoms with van der Waals surface area (Å²) in [6, 6.07) is 0. The molecule has 0 amide bonds. The zero-order valence-corrected chi connectivity index (χ0v) is 12.5. The normalized spacial score (nSPS) is 8.80. The Bertz CT molecular complexity index is 58.4. The van der Waals surface area contributed by atoms with Gasteiger partial charge in [0.1, 0.15) is 0 Å². The van der Waals surface area contributed by atoms with Crippen LogP contribution in [0.5, 0.6) is 0 Å². The minimum absolute atomic E-state index is 1.02. The van der Waals surface area contributed by atoms with E-state index in [9.17, 15) is 0 Å². The SMILES string of the molecule is CC.CC.CCCCC(CC)CCCC. The molecular weight excluding hydrogens is 180 g/mol. The Labute approximate surface area is 99.9 Å². The predicted molar refractivity (Wildman–Crippen MR) is 75.5 cm³/mol. The molecule has 0 unspecified atom stereocenters. The van der Waals surface area contributed by atoms with Gasteiger partial charge in [-0.1, -0.05) is 93.4 Å². The molecule has 0 heteroatoms. The van der Waals surface area contributed by atoms with E-state index in [-0.39, 0.29) is 0 Å². The lowest BCUT2D eigenvalue weighted by molar-refractivity contribution is 0.408. The van der Waals surface area contributed by atoms with Gasteiger partial charge in [0.25, 0.3) is 0 Å². The summed E-state index contributed by atoms with van der Waals surface area (Å²) in [6.45, 7) is 14.9. The van der Waals surface area contributed by atoms with Crippen LogP contribution in [0.1, 0.15) is 93.4 Å². The van der Waals surface area contributed by atoms with Crippen molar-refractivity contribution in [3.8, 4) is 0 Å². The van der Waals surface area contributed by atoms with Crippen molar-refractivity contribution in [2.24, 2.45) is 5.92 Å². The lowest BCUT2D eigenvalue weighted by Gasteiger charge is -2.12. The Hall–Kier alpha value is 0. The van der Waals surface area contributed by atoms with Crippen molar-refractivity contribution in [2.45, 2.75) is 93.4 Å². The second kappa shape index (κ2) is 23.7. The largest absolute Gasteiger partial charge is 0.0683 e. The second-order valence-corrected chi connectivity index (χ2v) is 3.56. The van der Waals surface area contributed by atoms with Crippen molar-refractivity contribution in [2.75, 3.05) is 0 Å². The van der Waals surface area contributed by atoms with Gasteiger partial charge < -0.3 is 0 Å². The van der Waals surface area contributed by atoms with Gasteiger partial charge in [-0.15, -0.1) is 0 Å². The number of unbranched alkanes of at least 4 members (excludes halogenated alkanes) is 2. The maximum absolute atomic E-state index is 2.33. The smallest absolute Gasteiger partial charge is 0.0417 e. The van der Waals surface area contributed by atoms with Crippen molar-refractivity contribution in [3.05, 3.63) is 0 Å². The van der Waals surface area contributed by atoms with E-state index in [2.05, 4.69) is 20.8 Å². The average molecular weight is 216 g/mol. The van der Waals surface area contributed by atoms with Gasteiger partial charge in [-0.25, -0.2) is 0 Å². The second-order valence-electron chi connectivity index (χ2n) is 3.56. The fraction of sp³-hybridized carbons (Fsp3) is 1.00. The third-order valence-electron chi connectivity index (χ3n) is 2.51. The van der Waals surface area contributed by atoms with Crippen LogP contribution in [-0.4, -0.2) is 0 Å². The van der Waals surface area contributed by atoms with Gasteiger partial charge >= 0.3 is 0 Å². The topological polar surface area (TPSA) is 0 Å². The lowest BCUT2D eigenvalue weighted by Crippen LogP contribution is -1.98. The van der Waals surface area contributed by atoms with Gasteiger partial charge in [-0.05, 0) is 5.92 Å². The first kappa shape index (κ1) is 20.4. The van der Waals surface area contributed by atoms with Gasteiger partial charge in [0.15, 0.2) is 0 Å². The van der Waals surface area contributed by atoms with Crippen LogP contribution >= 0.6 is 0 Å². The van der Waals surface area contributed by atoms with Crippen LogP contribution in [0.15, 0.2) is 0 Å². The Morgan fingerprint density at radius 1 is 0.667 bits per heavy atom. The van der Waals surface area contributed by atoms with Crippen molar-refractivity contribution >= 4 is 0 Å². The summed E-state index contributed by atoms with van der Waals surface area (Å²) in [4.78, 5) is 0. The fourth-order valence-corrected chi connectivity index (χ4v) is 1.54. The van der Waals surface area contributed by atoms with Crippen LogP contribution in [0.2, 0.25) is 0 Å². The molecule has 0 N–H and O–H groups in total. The third-order valence-corrected chi connectivity index (χ3v) is 2.51.